The number of halogens is 2. The van der Waals surface area contributed by atoms with Gasteiger partial charge in [-0.2, -0.15) is 4.98 Å². The van der Waals surface area contributed by atoms with Crippen LogP contribution in [0.15, 0.2) is 17.1 Å². The molecule has 0 saturated carbocycles. The number of aromatic nitrogens is 2. The maximum atomic E-state index is 12.0. The number of aliphatic hydroxyl groups excluding tert-OH is 1. The van der Waals surface area contributed by atoms with E-state index in [4.69, 9.17) is 20.9 Å². The van der Waals surface area contributed by atoms with Crippen molar-refractivity contribution in [3.8, 4) is 0 Å². The zero-order chi connectivity index (χ0) is 17.1. The number of aliphatic hydroxyl groups is 1. The fraction of sp³-hybridized carbons (Fsp3) is 0.643. The molecule has 4 atom stereocenters. The van der Waals surface area contributed by atoms with Crippen LogP contribution in [0.3, 0.4) is 0 Å². The average molecular weight is 399 g/mol. The molecule has 1 unspecified atom stereocenters. The number of carbonyl (C=O) groups excluding carboxylic acids is 1. The molecule has 9 nitrogen and oxygen atoms in total. The maximum Gasteiger partial charge on any atom is 0.351 e. The third-order valence-electron chi connectivity index (χ3n) is 3.78. The van der Waals surface area contributed by atoms with Crippen molar-refractivity contribution >= 4 is 36.6 Å². The Morgan fingerprint density at radius 3 is 2.68 bits per heavy atom. The molecule has 1 aliphatic heterocycles. The van der Waals surface area contributed by atoms with Gasteiger partial charge in [-0.1, -0.05) is 13.8 Å². The van der Waals surface area contributed by atoms with E-state index >= 15 is 0 Å². The molecule has 144 valence electrons. The number of nitrogens with two attached hydrogens (primary N) is 2. The minimum atomic E-state index is -0.755. The predicted molar refractivity (Wildman–Crippen MR) is 95.7 cm³/mol. The molecule has 0 bridgehead atoms. The highest BCUT2D eigenvalue weighted by atomic mass is 35.5. The minimum absolute atomic E-state index is 0. The molecule has 0 aliphatic carbocycles. The van der Waals surface area contributed by atoms with Crippen LogP contribution in [0.2, 0.25) is 0 Å². The van der Waals surface area contributed by atoms with Crippen LogP contribution in [-0.4, -0.2) is 45.5 Å². The molecule has 2 heterocycles. The van der Waals surface area contributed by atoms with Crippen LogP contribution in [0.1, 0.15) is 26.5 Å². The highest BCUT2D eigenvalue weighted by Crippen LogP contribution is 2.30. The van der Waals surface area contributed by atoms with Crippen molar-refractivity contribution < 1.29 is 19.4 Å². The van der Waals surface area contributed by atoms with E-state index in [1.165, 1.54) is 16.8 Å². The Morgan fingerprint density at radius 1 is 1.52 bits per heavy atom. The number of rotatable bonds is 5. The molecule has 25 heavy (non-hydrogen) atoms. The summed E-state index contributed by atoms with van der Waals surface area (Å²) in [6.45, 7) is 3.27. The summed E-state index contributed by atoms with van der Waals surface area (Å²) in [6, 6.07) is 0.710. The normalized spacial score (nSPS) is 23.5. The van der Waals surface area contributed by atoms with Crippen molar-refractivity contribution in [2.75, 3.05) is 12.3 Å². The number of ether oxygens (including phenoxy) is 2. The Balaban J connectivity index is 0.00000288. The van der Waals surface area contributed by atoms with Crippen LogP contribution >= 0.6 is 24.8 Å². The lowest BCUT2D eigenvalue weighted by Crippen LogP contribution is -2.41. The first-order valence-corrected chi connectivity index (χ1v) is 7.40. The van der Waals surface area contributed by atoms with E-state index in [0.29, 0.717) is 0 Å². The van der Waals surface area contributed by atoms with Gasteiger partial charge in [-0.3, -0.25) is 9.36 Å². The summed E-state index contributed by atoms with van der Waals surface area (Å²) in [7, 11) is 0. The minimum Gasteiger partial charge on any atom is -0.458 e. The molecule has 1 aliphatic rings. The van der Waals surface area contributed by atoms with Crippen LogP contribution in [0, 0.1) is 5.92 Å². The summed E-state index contributed by atoms with van der Waals surface area (Å²) in [5.41, 5.74) is 10.6. The van der Waals surface area contributed by atoms with Crippen molar-refractivity contribution in [3.63, 3.8) is 0 Å². The Hall–Kier alpha value is -1.39. The smallest absolute Gasteiger partial charge is 0.351 e. The standard InChI is InChI=1S/C14H22N4O5.2ClH/c1-7(2)12(16)13(20)23-8-5-11(22-9(8)6-19)18-4-3-10(15)17-14(18)21;;/h3-4,7-9,11-12,19H,5-6,16H2,1-2H3,(H2,15,17,21);2*1H/t8-,9+,11-,12?;;/m1../s1. The Morgan fingerprint density at radius 2 is 2.16 bits per heavy atom. The van der Waals surface area contributed by atoms with Gasteiger partial charge in [-0.15, -0.1) is 24.8 Å². The van der Waals surface area contributed by atoms with Crippen LogP contribution < -0.4 is 17.2 Å². The van der Waals surface area contributed by atoms with E-state index < -0.39 is 36.1 Å². The van der Waals surface area contributed by atoms with Crippen LogP contribution in [0.25, 0.3) is 0 Å². The predicted octanol–water partition coefficient (Wildman–Crippen LogP) is -0.156. The first-order chi connectivity index (χ1) is 10.8. The number of nitrogens with zero attached hydrogens (tertiary/aromatic N) is 2. The molecule has 1 saturated heterocycles. The topological polar surface area (TPSA) is 143 Å². The first-order valence-electron chi connectivity index (χ1n) is 7.40. The lowest BCUT2D eigenvalue weighted by Gasteiger charge is -2.20. The maximum absolute atomic E-state index is 12.0. The second-order valence-corrected chi connectivity index (χ2v) is 5.83. The van der Waals surface area contributed by atoms with Gasteiger partial charge in [0.15, 0.2) is 0 Å². The lowest BCUT2D eigenvalue weighted by atomic mass is 10.1. The van der Waals surface area contributed by atoms with Gasteiger partial charge in [-0.25, -0.2) is 4.79 Å². The fourth-order valence-corrected chi connectivity index (χ4v) is 2.30. The van der Waals surface area contributed by atoms with Crippen molar-refractivity contribution in [2.45, 2.75) is 44.7 Å². The van der Waals surface area contributed by atoms with Gasteiger partial charge in [0.25, 0.3) is 0 Å². The molecule has 1 fully saturated rings. The molecule has 1 aromatic rings. The van der Waals surface area contributed by atoms with Gasteiger partial charge in [-0.05, 0) is 12.0 Å². The molecule has 11 heteroatoms. The van der Waals surface area contributed by atoms with Gasteiger partial charge in [0, 0.05) is 12.6 Å². The van der Waals surface area contributed by atoms with Gasteiger partial charge in [0.05, 0.1) is 6.61 Å². The van der Waals surface area contributed by atoms with Crippen molar-refractivity contribution in [1.82, 2.24) is 9.55 Å². The van der Waals surface area contributed by atoms with E-state index in [1.807, 2.05) is 13.8 Å². The highest BCUT2D eigenvalue weighted by Gasteiger charge is 2.39. The number of carbonyl (C=O) groups is 1. The monoisotopic (exact) mass is 398 g/mol. The second-order valence-electron chi connectivity index (χ2n) is 5.83. The number of esters is 1. The molecule has 5 N–H and O–H groups in total. The molecule has 0 aromatic carbocycles. The summed E-state index contributed by atoms with van der Waals surface area (Å²) in [5, 5.41) is 9.40. The molecule has 0 spiro atoms. The van der Waals surface area contributed by atoms with E-state index in [2.05, 4.69) is 4.98 Å². The Kier molecular flexibility index (Phi) is 9.38. The summed E-state index contributed by atoms with van der Waals surface area (Å²) >= 11 is 0. The molecular weight excluding hydrogens is 375 g/mol. The number of hydrogen-bond acceptors (Lipinski definition) is 8. The highest BCUT2D eigenvalue weighted by molar-refractivity contribution is 5.85. The first kappa shape index (κ1) is 23.6. The molecular formula is C14H24Cl2N4O5. The van der Waals surface area contributed by atoms with Gasteiger partial charge in [0.1, 0.15) is 30.3 Å². The van der Waals surface area contributed by atoms with Gasteiger partial charge in [0.2, 0.25) is 0 Å². The number of nitrogen functional groups attached to an aromatic ring is 1. The van der Waals surface area contributed by atoms with Crippen LogP contribution in [-0.2, 0) is 14.3 Å². The van der Waals surface area contributed by atoms with Crippen LogP contribution in [0.5, 0.6) is 0 Å². The number of anilines is 1. The van der Waals surface area contributed by atoms with Crippen molar-refractivity contribution in [1.29, 1.82) is 0 Å². The molecule has 2 rings (SSSR count). The summed E-state index contributed by atoms with van der Waals surface area (Å²) < 4.78 is 12.2. The molecule has 0 radical (unpaired) electrons. The SMILES string of the molecule is CC(C)C(N)C(=O)O[C@@H]1C[C@H](n2ccc(N)nc2=O)O[C@H]1CO.Cl.Cl. The average Bonchev–Trinajstić information content (AvgIpc) is 2.88. The summed E-state index contributed by atoms with van der Waals surface area (Å²) in [4.78, 5) is 27.4. The quantitative estimate of drug-likeness (QED) is 0.580. The Labute approximate surface area is 157 Å². The van der Waals surface area contributed by atoms with Gasteiger partial charge >= 0.3 is 11.7 Å². The van der Waals surface area contributed by atoms with E-state index in [1.54, 1.807) is 0 Å². The summed E-state index contributed by atoms with van der Waals surface area (Å²) in [6.07, 6.45) is -0.443. The second kappa shape index (κ2) is 9.93. The Bertz CT molecular complexity index is 627. The largest absolute Gasteiger partial charge is 0.458 e. The lowest BCUT2D eigenvalue weighted by molar-refractivity contribution is -0.155. The zero-order valence-electron chi connectivity index (χ0n) is 13.9. The van der Waals surface area contributed by atoms with Crippen molar-refractivity contribution in [2.24, 2.45) is 11.7 Å². The van der Waals surface area contributed by atoms with Crippen LogP contribution in [0.4, 0.5) is 5.82 Å². The third-order valence-corrected chi connectivity index (χ3v) is 3.78. The fourth-order valence-electron chi connectivity index (χ4n) is 2.30. The van der Waals surface area contributed by atoms with E-state index in [-0.39, 0.29) is 49.6 Å². The molecule has 1 aromatic heterocycles. The van der Waals surface area contributed by atoms with E-state index in [9.17, 15) is 14.7 Å². The van der Waals surface area contributed by atoms with E-state index in [0.717, 1.165) is 0 Å². The number of hydrogen-bond donors (Lipinski definition) is 3. The zero-order valence-corrected chi connectivity index (χ0v) is 15.5. The molecule has 0 amide bonds. The van der Waals surface area contributed by atoms with Gasteiger partial charge < -0.3 is 26.0 Å². The third kappa shape index (κ3) is 5.55. The van der Waals surface area contributed by atoms with Crippen molar-refractivity contribution in [3.05, 3.63) is 22.7 Å². The summed E-state index contributed by atoms with van der Waals surface area (Å²) in [5.74, 6) is -0.526.